The van der Waals surface area contributed by atoms with Crippen molar-refractivity contribution in [1.29, 1.82) is 0 Å². The number of thiocarbonyl (C=S) groups is 1. The highest BCUT2D eigenvalue weighted by molar-refractivity contribution is 7.80. The first-order valence-electron chi connectivity index (χ1n) is 7.89. The van der Waals surface area contributed by atoms with Crippen molar-refractivity contribution in [3.63, 3.8) is 0 Å². The summed E-state index contributed by atoms with van der Waals surface area (Å²) in [6, 6.07) is 0. The number of likely N-dealkylation sites (tertiary alicyclic amines) is 1. The standard InChI is InChI=1S/C16H22N2O2S2/c1-10-5-6-11-12(9-10)22-14(13(11)15(19)20-2)17-16(21)18-7-3-4-8-18/h10H,3-9H2,1-2H3,(H,17,21). The fourth-order valence-corrected chi connectivity index (χ4v) is 5.00. The predicted octanol–water partition coefficient (Wildman–Crippen LogP) is 3.45. The first kappa shape index (κ1) is 15.7. The molecule has 1 atom stereocenters. The number of ether oxygens (including phenoxy) is 1. The van der Waals surface area contributed by atoms with Gasteiger partial charge in [0.15, 0.2) is 5.11 Å². The van der Waals surface area contributed by atoms with E-state index in [0.29, 0.717) is 11.5 Å². The van der Waals surface area contributed by atoms with Crippen LogP contribution in [0, 0.1) is 5.92 Å². The summed E-state index contributed by atoms with van der Waals surface area (Å²) >= 11 is 7.18. The van der Waals surface area contributed by atoms with Gasteiger partial charge >= 0.3 is 5.97 Å². The van der Waals surface area contributed by atoms with Crippen LogP contribution in [0.5, 0.6) is 0 Å². The maximum absolute atomic E-state index is 12.2. The van der Waals surface area contributed by atoms with Gasteiger partial charge in [-0.25, -0.2) is 4.79 Å². The number of thiophene rings is 1. The van der Waals surface area contributed by atoms with Gasteiger partial charge in [0.05, 0.1) is 12.7 Å². The Morgan fingerprint density at radius 2 is 2.14 bits per heavy atom. The lowest BCUT2D eigenvalue weighted by Gasteiger charge is -2.19. The third kappa shape index (κ3) is 2.99. The minimum atomic E-state index is -0.251. The molecule has 1 aliphatic heterocycles. The maximum Gasteiger partial charge on any atom is 0.341 e. The van der Waals surface area contributed by atoms with Crippen LogP contribution in [0.25, 0.3) is 0 Å². The minimum Gasteiger partial charge on any atom is -0.465 e. The van der Waals surface area contributed by atoms with Crippen molar-refractivity contribution in [3.8, 4) is 0 Å². The molecule has 0 spiro atoms. The fourth-order valence-electron chi connectivity index (χ4n) is 3.25. The molecule has 1 N–H and O–H groups in total. The Morgan fingerprint density at radius 3 is 2.82 bits per heavy atom. The Kier molecular flexibility index (Phi) is 4.68. The second kappa shape index (κ2) is 6.54. The SMILES string of the molecule is COC(=O)c1c(NC(=S)N2CCCC2)sc2c1CCC(C)C2. The molecule has 0 amide bonds. The second-order valence-corrected chi connectivity index (χ2v) is 7.66. The second-order valence-electron chi connectivity index (χ2n) is 6.17. The Balaban J connectivity index is 1.89. The first-order valence-corrected chi connectivity index (χ1v) is 9.11. The lowest BCUT2D eigenvalue weighted by Crippen LogP contribution is -2.32. The van der Waals surface area contributed by atoms with Gasteiger partial charge in [-0.15, -0.1) is 11.3 Å². The quantitative estimate of drug-likeness (QED) is 0.661. The van der Waals surface area contributed by atoms with E-state index < -0.39 is 0 Å². The first-order chi connectivity index (χ1) is 10.6. The fraction of sp³-hybridized carbons (Fsp3) is 0.625. The van der Waals surface area contributed by atoms with Gasteiger partial charge < -0.3 is 15.0 Å². The molecule has 1 aliphatic carbocycles. The van der Waals surface area contributed by atoms with E-state index >= 15 is 0 Å². The van der Waals surface area contributed by atoms with E-state index in [0.717, 1.165) is 42.5 Å². The number of esters is 1. The number of hydrogen-bond acceptors (Lipinski definition) is 4. The number of anilines is 1. The Bertz CT molecular complexity index is 591. The summed E-state index contributed by atoms with van der Waals surface area (Å²) in [7, 11) is 1.44. The zero-order valence-corrected chi connectivity index (χ0v) is 14.7. The Hall–Kier alpha value is -1.14. The van der Waals surface area contributed by atoms with Gasteiger partial charge in [0.1, 0.15) is 5.00 Å². The number of fused-ring (bicyclic) bond motifs is 1. The Labute approximate surface area is 140 Å². The summed E-state index contributed by atoms with van der Waals surface area (Å²) in [6.45, 7) is 4.27. The Morgan fingerprint density at radius 1 is 1.41 bits per heavy atom. The normalized spacial score (nSPS) is 20.6. The van der Waals surface area contributed by atoms with Crippen molar-refractivity contribution in [2.24, 2.45) is 5.92 Å². The average molecular weight is 338 g/mol. The van der Waals surface area contributed by atoms with Crippen molar-refractivity contribution in [2.75, 3.05) is 25.5 Å². The van der Waals surface area contributed by atoms with Gasteiger partial charge in [-0.2, -0.15) is 0 Å². The van der Waals surface area contributed by atoms with Crippen molar-refractivity contribution >= 4 is 39.6 Å². The summed E-state index contributed by atoms with van der Waals surface area (Å²) in [4.78, 5) is 15.7. The van der Waals surface area contributed by atoms with E-state index in [2.05, 4.69) is 17.1 Å². The molecule has 120 valence electrons. The average Bonchev–Trinajstić information content (AvgIpc) is 3.13. The third-order valence-electron chi connectivity index (χ3n) is 4.51. The molecule has 3 rings (SSSR count). The molecule has 1 aromatic rings. The van der Waals surface area contributed by atoms with E-state index in [9.17, 15) is 4.79 Å². The topological polar surface area (TPSA) is 41.6 Å². The van der Waals surface area contributed by atoms with Gasteiger partial charge in [-0.05, 0) is 55.8 Å². The molecule has 1 unspecified atom stereocenters. The molecule has 4 nitrogen and oxygen atoms in total. The molecule has 2 heterocycles. The van der Waals surface area contributed by atoms with Crippen LogP contribution < -0.4 is 5.32 Å². The van der Waals surface area contributed by atoms with Crippen LogP contribution >= 0.6 is 23.6 Å². The van der Waals surface area contributed by atoms with Crippen LogP contribution in [0.4, 0.5) is 5.00 Å². The zero-order chi connectivity index (χ0) is 15.7. The van der Waals surface area contributed by atoms with Crippen LogP contribution in [0.15, 0.2) is 0 Å². The molecule has 0 saturated carbocycles. The number of carbonyl (C=O) groups is 1. The summed E-state index contributed by atoms with van der Waals surface area (Å²) in [5.74, 6) is 0.425. The largest absolute Gasteiger partial charge is 0.465 e. The van der Waals surface area contributed by atoms with Crippen molar-refractivity contribution in [3.05, 3.63) is 16.0 Å². The number of carbonyl (C=O) groups excluding carboxylic acids is 1. The van der Waals surface area contributed by atoms with E-state index in [4.69, 9.17) is 17.0 Å². The van der Waals surface area contributed by atoms with E-state index in [1.807, 2.05) is 0 Å². The van der Waals surface area contributed by atoms with E-state index in [1.165, 1.54) is 30.4 Å². The highest BCUT2D eigenvalue weighted by Gasteiger charge is 2.29. The van der Waals surface area contributed by atoms with Gasteiger partial charge in [0, 0.05) is 18.0 Å². The molecule has 0 radical (unpaired) electrons. The minimum absolute atomic E-state index is 0.251. The third-order valence-corrected chi connectivity index (χ3v) is 6.04. The molecule has 1 aromatic heterocycles. The summed E-state index contributed by atoms with van der Waals surface area (Å²) in [5, 5.41) is 4.91. The van der Waals surface area contributed by atoms with Crippen molar-refractivity contribution < 1.29 is 9.53 Å². The van der Waals surface area contributed by atoms with Crippen molar-refractivity contribution in [1.82, 2.24) is 4.90 Å². The van der Waals surface area contributed by atoms with Crippen LogP contribution in [0.3, 0.4) is 0 Å². The number of methoxy groups -OCH3 is 1. The number of nitrogens with one attached hydrogen (secondary N) is 1. The molecular formula is C16H22N2O2S2. The van der Waals surface area contributed by atoms with Crippen LogP contribution in [0.1, 0.15) is 47.0 Å². The lowest BCUT2D eigenvalue weighted by atomic mass is 9.88. The maximum atomic E-state index is 12.2. The van der Waals surface area contributed by atoms with Crippen molar-refractivity contribution in [2.45, 2.75) is 39.0 Å². The van der Waals surface area contributed by atoms with Crippen LogP contribution in [0.2, 0.25) is 0 Å². The predicted molar refractivity (Wildman–Crippen MR) is 93.9 cm³/mol. The van der Waals surface area contributed by atoms with Gasteiger partial charge in [-0.1, -0.05) is 6.92 Å². The molecule has 0 bridgehead atoms. The number of hydrogen-bond donors (Lipinski definition) is 1. The molecule has 6 heteroatoms. The van der Waals surface area contributed by atoms with Gasteiger partial charge in [0.25, 0.3) is 0 Å². The van der Waals surface area contributed by atoms with Gasteiger partial charge in [0.2, 0.25) is 0 Å². The number of nitrogens with zero attached hydrogens (tertiary/aromatic N) is 1. The molecule has 1 fully saturated rings. The molecular weight excluding hydrogens is 316 g/mol. The van der Waals surface area contributed by atoms with E-state index in [1.54, 1.807) is 11.3 Å². The van der Waals surface area contributed by atoms with E-state index in [-0.39, 0.29) is 5.97 Å². The highest BCUT2D eigenvalue weighted by atomic mass is 32.1. The molecule has 1 saturated heterocycles. The van der Waals surface area contributed by atoms with Crippen LogP contribution in [-0.2, 0) is 17.6 Å². The van der Waals surface area contributed by atoms with Crippen LogP contribution in [-0.4, -0.2) is 36.2 Å². The number of rotatable bonds is 2. The molecule has 22 heavy (non-hydrogen) atoms. The highest BCUT2D eigenvalue weighted by Crippen LogP contribution is 2.40. The lowest BCUT2D eigenvalue weighted by molar-refractivity contribution is 0.0601. The summed E-state index contributed by atoms with van der Waals surface area (Å²) in [6.07, 6.45) is 5.50. The van der Waals surface area contributed by atoms with Gasteiger partial charge in [-0.3, -0.25) is 0 Å². The summed E-state index contributed by atoms with van der Waals surface area (Å²) in [5.41, 5.74) is 1.87. The zero-order valence-electron chi connectivity index (χ0n) is 13.1. The monoisotopic (exact) mass is 338 g/mol. The molecule has 0 aromatic carbocycles. The smallest absolute Gasteiger partial charge is 0.341 e. The summed E-state index contributed by atoms with van der Waals surface area (Å²) < 4.78 is 5.01. The molecule has 2 aliphatic rings.